The van der Waals surface area contributed by atoms with Crippen LogP contribution in [0.25, 0.3) is 0 Å². The van der Waals surface area contributed by atoms with Crippen LogP contribution in [-0.2, 0) is 17.3 Å². The summed E-state index contributed by atoms with van der Waals surface area (Å²) in [6.45, 7) is 0. The molecule has 0 unspecified atom stereocenters. The van der Waals surface area contributed by atoms with E-state index in [-0.39, 0.29) is 11.8 Å². The normalized spacial score (nSPS) is 18.5. The van der Waals surface area contributed by atoms with E-state index in [1.807, 2.05) is 11.6 Å². The van der Waals surface area contributed by atoms with Crippen LogP contribution in [0.15, 0.2) is 6.33 Å². The molecule has 0 saturated heterocycles. The molecule has 4 nitrogen and oxygen atoms in total. The largest absolute Gasteiger partial charge is 0.481 e. The van der Waals surface area contributed by atoms with Crippen LogP contribution in [0.2, 0.25) is 5.15 Å². The van der Waals surface area contributed by atoms with Crippen LogP contribution in [0, 0.1) is 0 Å². The molecule has 1 N–H and O–H groups in total. The van der Waals surface area contributed by atoms with Gasteiger partial charge in [0.2, 0.25) is 0 Å². The van der Waals surface area contributed by atoms with E-state index in [9.17, 15) is 4.79 Å². The number of nitrogens with zero attached hydrogens (tertiary/aromatic N) is 2. The number of hydrogen-bond acceptors (Lipinski definition) is 2. The molecule has 82 valence electrons. The molecule has 0 bridgehead atoms. The van der Waals surface area contributed by atoms with Crippen molar-refractivity contribution in [1.82, 2.24) is 9.55 Å². The summed E-state index contributed by atoms with van der Waals surface area (Å²) in [5, 5.41) is 9.36. The number of carboxylic acid groups (broad SMARTS) is 1. The predicted molar refractivity (Wildman–Crippen MR) is 56.0 cm³/mol. The Morgan fingerprint density at radius 2 is 2.40 bits per heavy atom. The van der Waals surface area contributed by atoms with E-state index in [1.54, 1.807) is 6.33 Å². The highest BCUT2D eigenvalue weighted by Gasteiger charge is 2.44. The molecule has 0 atom stereocenters. The van der Waals surface area contributed by atoms with E-state index in [2.05, 4.69) is 4.98 Å². The van der Waals surface area contributed by atoms with Gasteiger partial charge in [0.05, 0.1) is 18.4 Å². The smallest absolute Gasteiger partial charge is 0.304 e. The molecule has 1 aromatic rings. The van der Waals surface area contributed by atoms with Crippen LogP contribution in [0.1, 0.15) is 31.4 Å². The van der Waals surface area contributed by atoms with E-state index in [0.717, 1.165) is 25.0 Å². The van der Waals surface area contributed by atoms with Crippen molar-refractivity contribution >= 4 is 17.6 Å². The van der Waals surface area contributed by atoms with Gasteiger partial charge < -0.3 is 9.67 Å². The standard InChI is InChI=1S/C10H13ClN2O2/c1-13-6-12-9(11)8(13)10(3-2-4-10)5-7(14)15/h6H,2-5H2,1H3,(H,14,15). The second kappa shape index (κ2) is 3.52. The van der Waals surface area contributed by atoms with Gasteiger partial charge in [-0.15, -0.1) is 0 Å². The summed E-state index contributed by atoms with van der Waals surface area (Å²) < 4.78 is 1.84. The zero-order chi connectivity index (χ0) is 11.1. The molecule has 1 fully saturated rings. The lowest BCUT2D eigenvalue weighted by Crippen LogP contribution is -2.38. The highest BCUT2D eigenvalue weighted by Crippen LogP contribution is 2.48. The Morgan fingerprint density at radius 3 is 2.73 bits per heavy atom. The second-order valence-corrected chi connectivity index (χ2v) is 4.56. The van der Waals surface area contributed by atoms with E-state index < -0.39 is 5.97 Å². The minimum Gasteiger partial charge on any atom is -0.481 e. The summed E-state index contributed by atoms with van der Waals surface area (Å²) >= 11 is 6.00. The molecule has 0 amide bonds. The predicted octanol–water partition coefficient (Wildman–Crippen LogP) is 1.97. The van der Waals surface area contributed by atoms with E-state index in [1.165, 1.54) is 0 Å². The third kappa shape index (κ3) is 1.63. The number of carboxylic acids is 1. The Bertz CT molecular complexity index is 377. The van der Waals surface area contributed by atoms with E-state index in [4.69, 9.17) is 16.7 Å². The number of aliphatic carboxylic acids is 1. The fourth-order valence-corrected chi connectivity index (χ4v) is 2.76. The van der Waals surface area contributed by atoms with Crippen LogP contribution in [0.5, 0.6) is 0 Å². The summed E-state index contributed by atoms with van der Waals surface area (Å²) in [4.78, 5) is 14.9. The number of halogens is 1. The van der Waals surface area contributed by atoms with Crippen molar-refractivity contribution < 1.29 is 9.90 Å². The Kier molecular flexibility index (Phi) is 2.46. The first-order valence-corrected chi connectivity index (χ1v) is 5.32. The maximum Gasteiger partial charge on any atom is 0.304 e. The molecule has 1 aliphatic rings. The molecular formula is C10H13ClN2O2. The van der Waals surface area contributed by atoms with Crippen molar-refractivity contribution in [2.45, 2.75) is 31.1 Å². The van der Waals surface area contributed by atoms with Crippen LogP contribution >= 0.6 is 11.6 Å². The zero-order valence-electron chi connectivity index (χ0n) is 8.53. The quantitative estimate of drug-likeness (QED) is 0.861. The maximum absolute atomic E-state index is 10.9. The Morgan fingerprint density at radius 1 is 1.73 bits per heavy atom. The van der Waals surface area contributed by atoms with Crippen LogP contribution < -0.4 is 0 Å². The number of aryl methyl sites for hydroxylation is 1. The van der Waals surface area contributed by atoms with Gasteiger partial charge in [0.1, 0.15) is 0 Å². The molecule has 0 aromatic carbocycles. The maximum atomic E-state index is 10.9. The number of aromatic nitrogens is 2. The summed E-state index contributed by atoms with van der Waals surface area (Å²) in [5.41, 5.74) is 0.589. The molecule has 1 aromatic heterocycles. The number of hydrogen-bond donors (Lipinski definition) is 1. The lowest BCUT2D eigenvalue weighted by molar-refractivity contribution is -0.139. The first kappa shape index (κ1) is 10.5. The Balaban J connectivity index is 2.38. The summed E-state index contributed by atoms with van der Waals surface area (Å²) in [7, 11) is 1.86. The van der Waals surface area contributed by atoms with Crippen molar-refractivity contribution in [3.05, 3.63) is 17.2 Å². The molecule has 0 aliphatic heterocycles. The van der Waals surface area contributed by atoms with E-state index in [0.29, 0.717) is 5.15 Å². The molecule has 5 heteroatoms. The molecule has 1 saturated carbocycles. The highest BCUT2D eigenvalue weighted by molar-refractivity contribution is 6.30. The third-order valence-electron chi connectivity index (χ3n) is 3.20. The van der Waals surface area contributed by atoms with Crippen molar-refractivity contribution in [3.63, 3.8) is 0 Å². The average Bonchev–Trinajstić information content (AvgIpc) is 2.40. The van der Waals surface area contributed by atoms with Crippen molar-refractivity contribution in [2.24, 2.45) is 7.05 Å². The van der Waals surface area contributed by atoms with Gasteiger partial charge in [0, 0.05) is 12.5 Å². The van der Waals surface area contributed by atoms with Crippen LogP contribution in [-0.4, -0.2) is 20.6 Å². The fourth-order valence-electron chi connectivity index (χ4n) is 2.38. The first-order valence-electron chi connectivity index (χ1n) is 4.94. The molecular weight excluding hydrogens is 216 g/mol. The molecule has 15 heavy (non-hydrogen) atoms. The van der Waals surface area contributed by atoms with Crippen molar-refractivity contribution in [3.8, 4) is 0 Å². The number of carbonyl (C=O) groups is 1. The summed E-state index contributed by atoms with van der Waals surface area (Å²) in [6, 6.07) is 0. The van der Waals surface area contributed by atoms with Gasteiger partial charge in [0.25, 0.3) is 0 Å². The Hall–Kier alpha value is -1.03. The number of rotatable bonds is 3. The fraction of sp³-hybridized carbons (Fsp3) is 0.600. The van der Waals surface area contributed by atoms with Crippen LogP contribution in [0.3, 0.4) is 0 Å². The summed E-state index contributed by atoms with van der Waals surface area (Å²) in [5.74, 6) is -0.771. The Labute approximate surface area is 92.9 Å². The van der Waals surface area contributed by atoms with Gasteiger partial charge in [-0.05, 0) is 12.8 Å². The third-order valence-corrected chi connectivity index (χ3v) is 3.47. The summed E-state index contributed by atoms with van der Waals surface area (Å²) in [6.07, 6.45) is 4.62. The second-order valence-electron chi connectivity index (χ2n) is 4.20. The molecule has 1 aliphatic carbocycles. The topological polar surface area (TPSA) is 55.1 Å². The van der Waals surface area contributed by atoms with Gasteiger partial charge >= 0.3 is 5.97 Å². The average molecular weight is 229 g/mol. The van der Waals surface area contributed by atoms with Crippen LogP contribution in [0.4, 0.5) is 0 Å². The minimum absolute atomic E-state index is 0.145. The van der Waals surface area contributed by atoms with Gasteiger partial charge in [-0.3, -0.25) is 4.79 Å². The lowest BCUT2D eigenvalue weighted by atomic mass is 9.64. The van der Waals surface area contributed by atoms with Gasteiger partial charge in [0.15, 0.2) is 5.15 Å². The van der Waals surface area contributed by atoms with E-state index >= 15 is 0 Å². The van der Waals surface area contributed by atoms with Gasteiger partial charge in [-0.2, -0.15) is 0 Å². The number of imidazole rings is 1. The lowest BCUT2D eigenvalue weighted by Gasteiger charge is -2.41. The minimum atomic E-state index is -0.771. The molecule has 2 rings (SSSR count). The monoisotopic (exact) mass is 228 g/mol. The molecule has 0 radical (unpaired) electrons. The first-order chi connectivity index (χ1) is 7.05. The highest BCUT2D eigenvalue weighted by atomic mass is 35.5. The van der Waals surface area contributed by atoms with Gasteiger partial charge in [-0.25, -0.2) is 4.98 Å². The van der Waals surface area contributed by atoms with Gasteiger partial charge in [-0.1, -0.05) is 18.0 Å². The molecule has 0 spiro atoms. The van der Waals surface area contributed by atoms with Crippen molar-refractivity contribution in [2.75, 3.05) is 0 Å². The van der Waals surface area contributed by atoms with Crippen molar-refractivity contribution in [1.29, 1.82) is 0 Å². The molecule has 1 heterocycles. The SMILES string of the molecule is Cn1cnc(Cl)c1C1(CC(=O)O)CCC1. The zero-order valence-corrected chi connectivity index (χ0v) is 9.29.